The zero-order chi connectivity index (χ0) is 28.7. The Balaban J connectivity index is 1.44. The minimum atomic E-state index is -0.658. The van der Waals surface area contributed by atoms with Crippen LogP contribution in [0.15, 0.2) is 89.5 Å². The van der Waals surface area contributed by atoms with Crippen molar-refractivity contribution in [2.45, 2.75) is 0 Å². The second-order valence-electron chi connectivity index (χ2n) is 9.38. The van der Waals surface area contributed by atoms with E-state index in [0.29, 0.717) is 27.5 Å². The number of aromatic nitrogens is 4. The number of fused-ring (bicyclic) bond motifs is 3. The topological polar surface area (TPSA) is 99.3 Å². The highest BCUT2D eigenvalue weighted by Crippen LogP contribution is 2.28. The number of carbonyl (C=O) groups excluding carboxylic acids is 2. The van der Waals surface area contributed by atoms with Crippen molar-refractivity contribution < 1.29 is 9.59 Å². The standard InChI is InChI=1S/C29H21ClN8O2S/c1-35(2)22-11-7-18(8-12-22)15-24-27(39)36(23-13-9-21(30)10-14-23)29(41)38(28(24)40)31-17-20-16-19-5-3-4-6-25(19)37-26(20)32-33-34-37/h3-17H,1-2H3/b24-15+,31-17+. The third kappa shape index (κ3) is 4.81. The number of rotatable bonds is 5. The molecule has 12 heteroatoms. The molecular weight excluding hydrogens is 560 g/mol. The smallest absolute Gasteiger partial charge is 0.286 e. The molecule has 3 aromatic carbocycles. The molecule has 0 spiro atoms. The molecule has 1 saturated heterocycles. The Bertz CT molecular complexity index is 1900. The number of benzene rings is 3. The number of amides is 2. The molecule has 3 heterocycles. The first kappa shape index (κ1) is 26.2. The van der Waals surface area contributed by atoms with Crippen LogP contribution in [0, 0.1) is 0 Å². The van der Waals surface area contributed by atoms with E-state index in [2.05, 4.69) is 20.6 Å². The maximum Gasteiger partial charge on any atom is 0.286 e. The molecule has 0 atom stereocenters. The van der Waals surface area contributed by atoms with E-state index in [1.165, 1.54) is 17.2 Å². The highest BCUT2D eigenvalue weighted by Gasteiger charge is 2.40. The van der Waals surface area contributed by atoms with Crippen LogP contribution < -0.4 is 9.80 Å². The van der Waals surface area contributed by atoms with Crippen LogP contribution in [0.4, 0.5) is 11.4 Å². The number of hydrogen-bond donors (Lipinski definition) is 0. The van der Waals surface area contributed by atoms with Crippen LogP contribution in [0.3, 0.4) is 0 Å². The highest BCUT2D eigenvalue weighted by molar-refractivity contribution is 7.80. The number of hydrogen-bond acceptors (Lipinski definition) is 8. The van der Waals surface area contributed by atoms with Crippen molar-refractivity contribution in [3.05, 3.63) is 101 Å². The lowest BCUT2D eigenvalue weighted by Gasteiger charge is -2.33. The van der Waals surface area contributed by atoms with Gasteiger partial charge in [-0.25, -0.2) is 0 Å². The van der Waals surface area contributed by atoms with E-state index in [0.717, 1.165) is 21.6 Å². The third-order valence-corrected chi connectivity index (χ3v) is 7.16. The Morgan fingerprint density at radius 1 is 0.951 bits per heavy atom. The number of halogens is 1. The number of hydrazone groups is 1. The third-order valence-electron chi connectivity index (χ3n) is 6.55. The summed E-state index contributed by atoms with van der Waals surface area (Å²) in [5.74, 6) is -1.23. The second-order valence-corrected chi connectivity index (χ2v) is 10.2. The fourth-order valence-electron chi connectivity index (χ4n) is 4.45. The van der Waals surface area contributed by atoms with Gasteiger partial charge < -0.3 is 4.90 Å². The predicted octanol–water partition coefficient (Wildman–Crippen LogP) is 4.57. The lowest BCUT2D eigenvalue weighted by Crippen LogP contribution is -2.54. The van der Waals surface area contributed by atoms with E-state index in [4.69, 9.17) is 23.8 Å². The van der Waals surface area contributed by atoms with Crippen molar-refractivity contribution in [2.24, 2.45) is 5.10 Å². The summed E-state index contributed by atoms with van der Waals surface area (Å²) in [4.78, 5) is 30.7. The molecule has 0 N–H and O–H groups in total. The zero-order valence-electron chi connectivity index (χ0n) is 21.8. The quantitative estimate of drug-likeness (QED) is 0.130. The fourth-order valence-corrected chi connectivity index (χ4v) is 4.90. The predicted molar refractivity (Wildman–Crippen MR) is 163 cm³/mol. The molecule has 1 fully saturated rings. The van der Waals surface area contributed by atoms with E-state index >= 15 is 0 Å². The summed E-state index contributed by atoms with van der Waals surface area (Å²) < 4.78 is 1.60. The summed E-state index contributed by atoms with van der Waals surface area (Å²) in [6.07, 6.45) is 3.00. The van der Waals surface area contributed by atoms with Crippen LogP contribution in [0.5, 0.6) is 0 Å². The summed E-state index contributed by atoms with van der Waals surface area (Å²) in [5, 5.41) is 18.8. The molecule has 0 unspecified atom stereocenters. The van der Waals surface area contributed by atoms with E-state index in [9.17, 15) is 9.59 Å². The van der Waals surface area contributed by atoms with Crippen molar-refractivity contribution in [2.75, 3.05) is 23.9 Å². The second kappa shape index (κ2) is 10.5. The number of nitrogens with zero attached hydrogens (tertiary/aromatic N) is 8. The fraction of sp³-hybridized carbons (Fsp3) is 0.0690. The van der Waals surface area contributed by atoms with Gasteiger partial charge in [-0.1, -0.05) is 41.9 Å². The average Bonchev–Trinajstić information content (AvgIpc) is 3.47. The first-order chi connectivity index (χ1) is 19.8. The SMILES string of the molecule is CN(C)c1ccc(/C=C2/C(=O)N(/N=C/c3cc4ccccc4n4nnnc34)C(=S)N(c3ccc(Cl)cc3)C2=O)cc1. The van der Waals surface area contributed by atoms with E-state index < -0.39 is 11.8 Å². The van der Waals surface area contributed by atoms with Crippen LogP contribution in [-0.2, 0) is 9.59 Å². The summed E-state index contributed by atoms with van der Waals surface area (Å²) >= 11 is 11.7. The van der Waals surface area contributed by atoms with Gasteiger partial charge in [-0.2, -0.15) is 14.6 Å². The molecule has 10 nitrogen and oxygen atoms in total. The average molecular weight is 581 g/mol. The minimum absolute atomic E-state index is 0.101. The van der Waals surface area contributed by atoms with Crippen LogP contribution in [0.2, 0.25) is 5.02 Å². The summed E-state index contributed by atoms with van der Waals surface area (Å²) in [5.41, 5.74) is 3.82. The van der Waals surface area contributed by atoms with Gasteiger partial charge in [0.2, 0.25) is 5.11 Å². The number of tetrazole rings is 1. The Hall–Kier alpha value is -5.00. The van der Waals surface area contributed by atoms with Gasteiger partial charge in [-0.05, 0) is 82.8 Å². The minimum Gasteiger partial charge on any atom is -0.378 e. The Morgan fingerprint density at radius 3 is 2.41 bits per heavy atom. The van der Waals surface area contributed by atoms with Crippen LogP contribution in [0.1, 0.15) is 11.1 Å². The molecule has 0 bridgehead atoms. The van der Waals surface area contributed by atoms with Gasteiger partial charge in [0.15, 0.2) is 5.65 Å². The lowest BCUT2D eigenvalue weighted by atomic mass is 10.1. The van der Waals surface area contributed by atoms with Crippen molar-refractivity contribution in [3.63, 3.8) is 0 Å². The number of anilines is 2. The largest absolute Gasteiger partial charge is 0.378 e. The Labute approximate surface area is 244 Å². The molecule has 0 saturated carbocycles. The van der Waals surface area contributed by atoms with E-state index in [1.807, 2.05) is 73.6 Å². The molecule has 0 radical (unpaired) electrons. The van der Waals surface area contributed by atoms with Gasteiger partial charge in [-0.3, -0.25) is 14.5 Å². The van der Waals surface area contributed by atoms with Gasteiger partial charge >= 0.3 is 0 Å². The summed E-state index contributed by atoms with van der Waals surface area (Å²) in [6, 6.07) is 23.6. The van der Waals surface area contributed by atoms with Crippen molar-refractivity contribution in [3.8, 4) is 0 Å². The Kier molecular flexibility index (Phi) is 6.73. The van der Waals surface area contributed by atoms with Gasteiger partial charge in [0.05, 0.1) is 17.4 Å². The Morgan fingerprint density at radius 2 is 1.68 bits per heavy atom. The maximum absolute atomic E-state index is 13.7. The van der Waals surface area contributed by atoms with Crippen molar-refractivity contribution in [1.82, 2.24) is 25.0 Å². The van der Waals surface area contributed by atoms with Crippen molar-refractivity contribution >= 4 is 81.0 Å². The van der Waals surface area contributed by atoms with Gasteiger partial charge in [0.25, 0.3) is 11.8 Å². The summed E-state index contributed by atoms with van der Waals surface area (Å²) in [7, 11) is 3.86. The number of pyridine rings is 1. The molecule has 2 aromatic heterocycles. The molecule has 5 aromatic rings. The normalized spacial score (nSPS) is 15.2. The zero-order valence-corrected chi connectivity index (χ0v) is 23.4. The van der Waals surface area contributed by atoms with Gasteiger partial charge in [0, 0.05) is 35.8 Å². The first-order valence-corrected chi connectivity index (χ1v) is 13.2. The summed E-state index contributed by atoms with van der Waals surface area (Å²) in [6.45, 7) is 0. The van der Waals surface area contributed by atoms with Crippen LogP contribution in [-0.4, -0.2) is 62.3 Å². The van der Waals surface area contributed by atoms with E-state index in [1.54, 1.807) is 28.8 Å². The molecule has 41 heavy (non-hydrogen) atoms. The molecule has 202 valence electrons. The van der Waals surface area contributed by atoms with Crippen LogP contribution >= 0.6 is 23.8 Å². The number of para-hydroxylation sites is 1. The monoisotopic (exact) mass is 580 g/mol. The number of carbonyl (C=O) groups is 2. The lowest BCUT2D eigenvalue weighted by molar-refractivity contribution is -0.127. The first-order valence-electron chi connectivity index (χ1n) is 12.4. The molecule has 1 aliphatic rings. The molecule has 2 amide bonds. The molecule has 1 aliphatic heterocycles. The van der Waals surface area contributed by atoms with Crippen molar-refractivity contribution in [1.29, 1.82) is 0 Å². The van der Waals surface area contributed by atoms with Gasteiger partial charge in [-0.15, -0.1) is 5.10 Å². The van der Waals surface area contributed by atoms with E-state index in [-0.39, 0.29) is 10.7 Å². The highest BCUT2D eigenvalue weighted by atomic mass is 35.5. The molecule has 0 aliphatic carbocycles. The van der Waals surface area contributed by atoms with Gasteiger partial charge in [0.1, 0.15) is 5.57 Å². The maximum atomic E-state index is 13.7. The number of thiocarbonyl (C=S) groups is 1. The van der Waals surface area contributed by atoms with Crippen LogP contribution in [0.25, 0.3) is 22.6 Å². The molecular formula is C29H21ClN8O2S. The molecule has 6 rings (SSSR count).